The molecule has 0 aromatic heterocycles. The van der Waals surface area contributed by atoms with Crippen LogP contribution in [0.3, 0.4) is 0 Å². The number of aliphatic hydroxyl groups is 1. The molecular formula is C15H22BrNO3. The monoisotopic (exact) mass is 343 g/mol. The first-order chi connectivity index (χ1) is 9.65. The molecule has 0 bridgehead atoms. The standard InChI is InChI=1S/C15H22BrNO3/c1-17-9-13(18)11-7-14(19-2)15(8-12(11)16)20-10-5-3-4-6-10/h7-8,10,13,17-18H,3-6,9H2,1-2H3. The zero-order valence-electron chi connectivity index (χ0n) is 12.0. The minimum Gasteiger partial charge on any atom is -0.493 e. The number of nitrogens with one attached hydrogen (secondary N) is 1. The molecule has 2 N–H and O–H groups in total. The molecule has 2 rings (SSSR count). The van der Waals surface area contributed by atoms with Gasteiger partial charge in [0.2, 0.25) is 0 Å². The van der Waals surface area contributed by atoms with Crippen LogP contribution in [-0.2, 0) is 0 Å². The summed E-state index contributed by atoms with van der Waals surface area (Å²) in [5.41, 5.74) is 0.801. The summed E-state index contributed by atoms with van der Waals surface area (Å²) in [5.74, 6) is 1.41. The van der Waals surface area contributed by atoms with Gasteiger partial charge in [0.05, 0.1) is 19.3 Å². The summed E-state index contributed by atoms with van der Waals surface area (Å²) in [7, 11) is 3.44. The molecule has 0 amide bonds. The molecule has 20 heavy (non-hydrogen) atoms. The average Bonchev–Trinajstić information content (AvgIpc) is 2.92. The second-order valence-corrected chi connectivity index (χ2v) is 5.98. The van der Waals surface area contributed by atoms with Crippen molar-refractivity contribution in [2.24, 2.45) is 0 Å². The highest BCUT2D eigenvalue weighted by atomic mass is 79.9. The Morgan fingerprint density at radius 2 is 2.05 bits per heavy atom. The average molecular weight is 344 g/mol. The highest BCUT2D eigenvalue weighted by Crippen LogP contribution is 2.38. The summed E-state index contributed by atoms with van der Waals surface area (Å²) in [6.07, 6.45) is 4.36. The third kappa shape index (κ3) is 3.65. The zero-order valence-corrected chi connectivity index (χ0v) is 13.6. The van der Waals surface area contributed by atoms with E-state index in [1.165, 1.54) is 12.8 Å². The molecule has 0 heterocycles. The van der Waals surface area contributed by atoms with Gasteiger partial charge in [-0.1, -0.05) is 15.9 Å². The van der Waals surface area contributed by atoms with Gasteiger partial charge in [-0.15, -0.1) is 0 Å². The molecule has 1 saturated carbocycles. The van der Waals surface area contributed by atoms with Crippen LogP contribution in [0.15, 0.2) is 16.6 Å². The van der Waals surface area contributed by atoms with E-state index in [-0.39, 0.29) is 6.10 Å². The van der Waals surface area contributed by atoms with Crippen molar-refractivity contribution in [3.8, 4) is 11.5 Å². The maximum atomic E-state index is 10.1. The number of aliphatic hydroxyl groups excluding tert-OH is 1. The largest absolute Gasteiger partial charge is 0.493 e. The van der Waals surface area contributed by atoms with E-state index >= 15 is 0 Å². The molecule has 1 aromatic carbocycles. The smallest absolute Gasteiger partial charge is 0.162 e. The fourth-order valence-corrected chi connectivity index (χ4v) is 3.13. The molecule has 5 heteroatoms. The normalized spacial score (nSPS) is 17.2. The first kappa shape index (κ1) is 15.6. The van der Waals surface area contributed by atoms with E-state index in [9.17, 15) is 5.11 Å². The molecule has 0 aliphatic heterocycles. The van der Waals surface area contributed by atoms with Crippen molar-refractivity contribution in [3.05, 3.63) is 22.2 Å². The predicted octanol–water partition coefficient (Wildman–Crippen LogP) is 3.03. The first-order valence-corrected chi connectivity index (χ1v) is 7.81. The van der Waals surface area contributed by atoms with Gasteiger partial charge in [0.1, 0.15) is 0 Å². The molecule has 0 saturated heterocycles. The van der Waals surface area contributed by atoms with Crippen LogP contribution < -0.4 is 14.8 Å². The van der Waals surface area contributed by atoms with Crippen LogP contribution in [0.1, 0.15) is 37.4 Å². The number of methoxy groups -OCH3 is 1. The molecule has 1 unspecified atom stereocenters. The summed E-state index contributed by atoms with van der Waals surface area (Å²) >= 11 is 3.51. The van der Waals surface area contributed by atoms with E-state index in [1.807, 2.05) is 19.2 Å². The Hall–Kier alpha value is -0.780. The fraction of sp³-hybridized carbons (Fsp3) is 0.600. The molecule has 0 radical (unpaired) electrons. The molecule has 1 fully saturated rings. The predicted molar refractivity (Wildman–Crippen MR) is 82.5 cm³/mol. The number of hydrogen-bond donors (Lipinski definition) is 2. The maximum Gasteiger partial charge on any atom is 0.162 e. The van der Waals surface area contributed by atoms with Crippen LogP contribution in [0.5, 0.6) is 11.5 Å². The summed E-state index contributed by atoms with van der Waals surface area (Å²) in [5, 5.41) is 13.1. The summed E-state index contributed by atoms with van der Waals surface area (Å²) in [4.78, 5) is 0. The first-order valence-electron chi connectivity index (χ1n) is 7.02. The summed E-state index contributed by atoms with van der Waals surface area (Å²) in [6.45, 7) is 0.491. The van der Waals surface area contributed by atoms with Crippen molar-refractivity contribution >= 4 is 15.9 Å². The van der Waals surface area contributed by atoms with Crippen molar-refractivity contribution in [3.63, 3.8) is 0 Å². The van der Waals surface area contributed by atoms with Crippen molar-refractivity contribution in [2.75, 3.05) is 20.7 Å². The van der Waals surface area contributed by atoms with Gasteiger partial charge in [-0.05, 0) is 50.4 Å². The SMILES string of the molecule is CNCC(O)c1cc(OC)c(OC2CCCC2)cc1Br. The zero-order chi connectivity index (χ0) is 14.5. The van der Waals surface area contributed by atoms with E-state index in [1.54, 1.807) is 7.11 Å². The highest BCUT2D eigenvalue weighted by Gasteiger charge is 2.21. The van der Waals surface area contributed by atoms with Crippen molar-refractivity contribution < 1.29 is 14.6 Å². The Morgan fingerprint density at radius 3 is 2.65 bits per heavy atom. The van der Waals surface area contributed by atoms with E-state index < -0.39 is 6.10 Å². The Morgan fingerprint density at radius 1 is 1.35 bits per heavy atom. The van der Waals surface area contributed by atoms with Crippen LogP contribution in [0, 0.1) is 0 Å². The molecule has 1 aliphatic rings. The lowest BCUT2D eigenvalue weighted by molar-refractivity contribution is 0.175. The van der Waals surface area contributed by atoms with Gasteiger partial charge in [0, 0.05) is 11.0 Å². The molecule has 112 valence electrons. The minimum atomic E-state index is -0.580. The summed E-state index contributed by atoms with van der Waals surface area (Å²) < 4.78 is 12.3. The van der Waals surface area contributed by atoms with Gasteiger partial charge in [0.25, 0.3) is 0 Å². The van der Waals surface area contributed by atoms with Gasteiger partial charge in [0.15, 0.2) is 11.5 Å². The summed E-state index contributed by atoms with van der Waals surface area (Å²) in [6, 6.07) is 3.74. The van der Waals surface area contributed by atoms with Gasteiger partial charge in [-0.2, -0.15) is 0 Å². The molecular weight excluding hydrogens is 322 g/mol. The number of rotatable bonds is 6. The second-order valence-electron chi connectivity index (χ2n) is 5.12. The van der Waals surface area contributed by atoms with Gasteiger partial charge < -0.3 is 19.9 Å². The van der Waals surface area contributed by atoms with Gasteiger partial charge >= 0.3 is 0 Å². The number of hydrogen-bond acceptors (Lipinski definition) is 4. The quantitative estimate of drug-likeness (QED) is 0.833. The van der Waals surface area contributed by atoms with Crippen molar-refractivity contribution in [1.82, 2.24) is 5.32 Å². The van der Waals surface area contributed by atoms with Crippen LogP contribution in [0.4, 0.5) is 0 Å². The van der Waals surface area contributed by atoms with Crippen molar-refractivity contribution in [2.45, 2.75) is 37.9 Å². The fourth-order valence-electron chi connectivity index (χ4n) is 2.55. The maximum absolute atomic E-state index is 10.1. The lowest BCUT2D eigenvalue weighted by Crippen LogP contribution is -2.17. The Labute approximate surface area is 128 Å². The van der Waals surface area contributed by atoms with Crippen molar-refractivity contribution in [1.29, 1.82) is 0 Å². The van der Waals surface area contributed by atoms with Crippen LogP contribution in [0.25, 0.3) is 0 Å². The molecule has 1 aromatic rings. The number of benzene rings is 1. The van der Waals surface area contributed by atoms with Crippen LogP contribution in [0.2, 0.25) is 0 Å². The third-order valence-electron chi connectivity index (χ3n) is 3.64. The second kappa shape index (κ2) is 7.29. The lowest BCUT2D eigenvalue weighted by atomic mass is 10.1. The van der Waals surface area contributed by atoms with E-state index in [0.717, 1.165) is 28.6 Å². The van der Waals surface area contributed by atoms with E-state index in [0.29, 0.717) is 12.3 Å². The molecule has 1 atom stereocenters. The Kier molecular flexibility index (Phi) is 5.69. The number of likely N-dealkylation sites (N-methyl/N-ethyl adjacent to an activating group) is 1. The Bertz CT molecular complexity index is 447. The van der Waals surface area contributed by atoms with E-state index in [4.69, 9.17) is 9.47 Å². The van der Waals surface area contributed by atoms with Crippen LogP contribution >= 0.6 is 15.9 Å². The number of halogens is 1. The lowest BCUT2D eigenvalue weighted by Gasteiger charge is -2.19. The van der Waals surface area contributed by atoms with E-state index in [2.05, 4.69) is 21.2 Å². The molecule has 4 nitrogen and oxygen atoms in total. The molecule has 0 spiro atoms. The van der Waals surface area contributed by atoms with Gasteiger partial charge in [-0.3, -0.25) is 0 Å². The highest BCUT2D eigenvalue weighted by molar-refractivity contribution is 9.10. The third-order valence-corrected chi connectivity index (χ3v) is 4.32. The minimum absolute atomic E-state index is 0.281. The van der Waals surface area contributed by atoms with Gasteiger partial charge in [-0.25, -0.2) is 0 Å². The van der Waals surface area contributed by atoms with Crippen LogP contribution in [-0.4, -0.2) is 31.9 Å². The Balaban J connectivity index is 2.22. The topological polar surface area (TPSA) is 50.7 Å². The molecule has 1 aliphatic carbocycles. The number of ether oxygens (including phenoxy) is 2.